The quantitative estimate of drug-likeness (QED) is 0.292. The van der Waals surface area contributed by atoms with Crippen molar-refractivity contribution in [3.05, 3.63) is 95.1 Å². The van der Waals surface area contributed by atoms with Gasteiger partial charge in [0.2, 0.25) is 11.8 Å². The third-order valence-electron chi connectivity index (χ3n) is 6.69. The Bertz CT molecular complexity index is 1620. The zero-order chi connectivity index (χ0) is 24.8. The zero-order valence-electron chi connectivity index (χ0n) is 19.9. The number of rotatable bonds is 5. The van der Waals surface area contributed by atoms with Crippen LogP contribution in [0.3, 0.4) is 0 Å². The van der Waals surface area contributed by atoms with Gasteiger partial charge in [-0.25, -0.2) is 9.97 Å². The van der Waals surface area contributed by atoms with Crippen molar-refractivity contribution >= 4 is 22.2 Å². The van der Waals surface area contributed by atoms with Gasteiger partial charge in [-0.2, -0.15) is 0 Å². The Morgan fingerprint density at radius 1 is 0.583 bits per heavy atom. The molecule has 2 aromatic heterocycles. The number of nitrogens with zero attached hydrogens (tertiary/aromatic N) is 2. The molecule has 0 atom stereocenters. The molecule has 0 saturated carbocycles. The summed E-state index contributed by atoms with van der Waals surface area (Å²) >= 11 is 0. The minimum Gasteiger partial charge on any atom is -0.436 e. The van der Waals surface area contributed by atoms with Crippen LogP contribution in [0.15, 0.2) is 81.6 Å². The minimum atomic E-state index is -0.0429. The lowest BCUT2D eigenvalue weighted by Gasteiger charge is -2.14. The number of aliphatic hydroxyl groups is 2. The van der Waals surface area contributed by atoms with Crippen molar-refractivity contribution in [1.82, 2.24) is 9.97 Å². The standard InChI is InChI=1S/C30H24N2O4/c1-17-21(5-3-7-23(17)29-31-25-11-9-19(15-33)13-27(25)35-29)22-6-4-8-24(18(22)2)30-32-26-12-10-20(16-34)14-28(26)36-30/h3-14,33-34H,15-16H2,1-2H3. The van der Waals surface area contributed by atoms with Gasteiger partial charge in [0.25, 0.3) is 0 Å². The molecule has 0 amide bonds. The van der Waals surface area contributed by atoms with E-state index in [1.807, 2.05) is 60.7 Å². The highest BCUT2D eigenvalue weighted by atomic mass is 16.4. The molecule has 0 bridgehead atoms. The third-order valence-corrected chi connectivity index (χ3v) is 6.69. The molecule has 178 valence electrons. The largest absolute Gasteiger partial charge is 0.436 e. The molecule has 6 aromatic rings. The van der Waals surface area contributed by atoms with E-state index in [2.05, 4.69) is 35.9 Å². The molecule has 0 spiro atoms. The molecule has 6 rings (SSSR count). The molecular weight excluding hydrogens is 452 g/mol. The summed E-state index contributed by atoms with van der Waals surface area (Å²) in [7, 11) is 0. The molecule has 4 aromatic carbocycles. The number of aromatic nitrogens is 2. The summed E-state index contributed by atoms with van der Waals surface area (Å²) in [6.07, 6.45) is 0. The fourth-order valence-electron chi connectivity index (χ4n) is 4.68. The summed E-state index contributed by atoms with van der Waals surface area (Å²) in [5, 5.41) is 18.9. The van der Waals surface area contributed by atoms with Crippen LogP contribution in [0.25, 0.3) is 56.2 Å². The monoisotopic (exact) mass is 476 g/mol. The van der Waals surface area contributed by atoms with Crippen molar-refractivity contribution in [2.75, 3.05) is 0 Å². The van der Waals surface area contributed by atoms with Crippen LogP contribution >= 0.6 is 0 Å². The Morgan fingerprint density at radius 3 is 1.42 bits per heavy atom. The van der Waals surface area contributed by atoms with Gasteiger partial charge in [0.15, 0.2) is 11.2 Å². The zero-order valence-corrected chi connectivity index (χ0v) is 19.9. The van der Waals surface area contributed by atoms with Crippen LogP contribution in [0.4, 0.5) is 0 Å². The Labute approximate surface area is 207 Å². The lowest BCUT2D eigenvalue weighted by atomic mass is 9.91. The van der Waals surface area contributed by atoms with E-state index in [-0.39, 0.29) is 13.2 Å². The summed E-state index contributed by atoms with van der Waals surface area (Å²) < 4.78 is 12.2. The van der Waals surface area contributed by atoms with E-state index in [4.69, 9.17) is 8.83 Å². The molecule has 0 saturated heterocycles. The fraction of sp³-hybridized carbons (Fsp3) is 0.133. The maximum atomic E-state index is 9.44. The Morgan fingerprint density at radius 2 is 1.00 bits per heavy atom. The molecular formula is C30H24N2O4. The Kier molecular flexibility index (Phi) is 5.40. The molecule has 2 N–H and O–H groups in total. The highest BCUT2D eigenvalue weighted by Crippen LogP contribution is 2.37. The van der Waals surface area contributed by atoms with E-state index in [9.17, 15) is 10.2 Å². The van der Waals surface area contributed by atoms with Crippen molar-refractivity contribution in [3.63, 3.8) is 0 Å². The lowest BCUT2D eigenvalue weighted by Crippen LogP contribution is -1.93. The van der Waals surface area contributed by atoms with E-state index in [1.165, 1.54) is 0 Å². The molecule has 0 aliphatic rings. The van der Waals surface area contributed by atoms with Crippen LogP contribution in [-0.2, 0) is 13.2 Å². The van der Waals surface area contributed by atoms with Gasteiger partial charge in [-0.05, 0) is 83.6 Å². The molecule has 0 aliphatic carbocycles. The van der Waals surface area contributed by atoms with Crippen LogP contribution in [-0.4, -0.2) is 20.2 Å². The maximum Gasteiger partial charge on any atom is 0.227 e. The van der Waals surface area contributed by atoms with E-state index in [1.54, 1.807) is 0 Å². The molecule has 6 nitrogen and oxygen atoms in total. The first-order chi connectivity index (χ1) is 17.6. The number of aliphatic hydroxyl groups excluding tert-OH is 2. The van der Waals surface area contributed by atoms with E-state index in [0.717, 1.165) is 55.5 Å². The van der Waals surface area contributed by atoms with Crippen molar-refractivity contribution in [1.29, 1.82) is 0 Å². The topological polar surface area (TPSA) is 92.5 Å². The molecule has 2 heterocycles. The second-order valence-corrected chi connectivity index (χ2v) is 8.91. The van der Waals surface area contributed by atoms with Gasteiger partial charge in [0.05, 0.1) is 13.2 Å². The Hall–Kier alpha value is -4.26. The first kappa shape index (κ1) is 22.2. The number of hydrogen-bond acceptors (Lipinski definition) is 6. The molecule has 0 aliphatic heterocycles. The SMILES string of the molecule is Cc1c(-c2nc3ccc(CO)cc3o2)cccc1-c1cccc(-c2nc3ccc(CO)cc3o2)c1C. The number of fused-ring (bicyclic) bond motifs is 2. The first-order valence-electron chi connectivity index (χ1n) is 11.8. The van der Waals surface area contributed by atoms with Crippen molar-refractivity contribution < 1.29 is 19.0 Å². The highest BCUT2D eigenvalue weighted by molar-refractivity contribution is 5.84. The van der Waals surface area contributed by atoms with Crippen molar-refractivity contribution in [2.24, 2.45) is 0 Å². The summed E-state index contributed by atoms with van der Waals surface area (Å²) in [4.78, 5) is 9.38. The minimum absolute atomic E-state index is 0.0429. The molecule has 0 fully saturated rings. The first-order valence-corrected chi connectivity index (χ1v) is 11.8. The van der Waals surface area contributed by atoms with Gasteiger partial charge in [-0.3, -0.25) is 0 Å². The van der Waals surface area contributed by atoms with E-state index >= 15 is 0 Å². The summed E-state index contributed by atoms with van der Waals surface area (Å²) in [5.41, 5.74) is 10.5. The predicted molar refractivity (Wildman–Crippen MR) is 139 cm³/mol. The number of oxazole rings is 2. The molecule has 0 radical (unpaired) electrons. The number of benzene rings is 4. The lowest BCUT2D eigenvalue weighted by molar-refractivity contribution is 0.281. The summed E-state index contributed by atoms with van der Waals surface area (Å²) in [6, 6.07) is 23.3. The smallest absolute Gasteiger partial charge is 0.227 e. The Balaban J connectivity index is 1.44. The van der Waals surface area contributed by atoms with Crippen molar-refractivity contribution in [2.45, 2.75) is 27.1 Å². The van der Waals surface area contributed by atoms with Crippen LogP contribution in [0.1, 0.15) is 22.3 Å². The van der Waals surface area contributed by atoms with Gasteiger partial charge >= 0.3 is 0 Å². The average molecular weight is 477 g/mol. The van der Waals surface area contributed by atoms with E-state index < -0.39 is 0 Å². The average Bonchev–Trinajstić information content (AvgIpc) is 3.52. The van der Waals surface area contributed by atoms with Crippen LogP contribution in [0.2, 0.25) is 0 Å². The van der Waals surface area contributed by atoms with E-state index in [0.29, 0.717) is 22.9 Å². The number of hydrogen-bond donors (Lipinski definition) is 2. The fourth-order valence-corrected chi connectivity index (χ4v) is 4.68. The normalized spacial score (nSPS) is 11.6. The second kappa shape index (κ2) is 8.75. The van der Waals surface area contributed by atoms with Gasteiger partial charge in [0, 0.05) is 11.1 Å². The second-order valence-electron chi connectivity index (χ2n) is 8.91. The van der Waals surface area contributed by atoms with Gasteiger partial charge in [-0.1, -0.05) is 36.4 Å². The van der Waals surface area contributed by atoms with Crippen molar-refractivity contribution in [3.8, 4) is 34.0 Å². The van der Waals surface area contributed by atoms with Crippen LogP contribution in [0, 0.1) is 13.8 Å². The predicted octanol–water partition coefficient (Wildman–Crippen LogP) is 6.57. The van der Waals surface area contributed by atoms with Crippen LogP contribution in [0.5, 0.6) is 0 Å². The summed E-state index contributed by atoms with van der Waals surface area (Å²) in [5.74, 6) is 1.10. The third kappa shape index (κ3) is 3.68. The highest BCUT2D eigenvalue weighted by Gasteiger charge is 2.18. The van der Waals surface area contributed by atoms with Gasteiger partial charge in [-0.15, -0.1) is 0 Å². The van der Waals surface area contributed by atoms with Gasteiger partial charge in [0.1, 0.15) is 11.0 Å². The molecule has 0 unspecified atom stereocenters. The van der Waals surface area contributed by atoms with Gasteiger partial charge < -0.3 is 19.0 Å². The summed E-state index contributed by atoms with van der Waals surface area (Å²) in [6.45, 7) is 4.05. The molecule has 6 heteroatoms. The molecule has 36 heavy (non-hydrogen) atoms. The maximum absolute atomic E-state index is 9.44. The van der Waals surface area contributed by atoms with Crippen LogP contribution < -0.4 is 0 Å².